The number of phenolic OH excluding ortho intramolecular Hbond substituents is 1. The van der Waals surface area contributed by atoms with Crippen LogP contribution in [0.5, 0.6) is 11.5 Å². The van der Waals surface area contributed by atoms with Gasteiger partial charge in [0.25, 0.3) is 0 Å². The Bertz CT molecular complexity index is 937. The zero-order valence-electron chi connectivity index (χ0n) is 13.5. The topological polar surface area (TPSA) is 85.2 Å². The molecule has 0 bridgehead atoms. The number of para-hydroxylation sites is 1. The van der Waals surface area contributed by atoms with Crippen molar-refractivity contribution in [1.82, 2.24) is 15.0 Å². The van der Waals surface area contributed by atoms with Crippen molar-refractivity contribution in [3.8, 4) is 22.9 Å². The molecule has 0 saturated carbocycles. The Morgan fingerprint density at radius 2 is 1.80 bits per heavy atom. The van der Waals surface area contributed by atoms with Crippen LogP contribution in [-0.2, 0) is 0 Å². The molecule has 126 valence electrons. The molecule has 0 aliphatic carbocycles. The molecule has 0 saturated heterocycles. The van der Waals surface area contributed by atoms with Crippen LogP contribution in [0.15, 0.2) is 42.7 Å². The molecular weight excluding hydrogens is 325 g/mol. The zero-order chi connectivity index (χ0) is 18.0. The molecule has 25 heavy (non-hydrogen) atoms. The third-order valence-electron chi connectivity index (χ3n) is 3.54. The first-order valence-electron chi connectivity index (χ1n) is 7.42. The van der Waals surface area contributed by atoms with Crippen molar-refractivity contribution in [3.63, 3.8) is 0 Å². The monoisotopic (exact) mass is 339 g/mol. The number of esters is 1. The van der Waals surface area contributed by atoms with Gasteiger partial charge in [-0.25, -0.2) is 24.1 Å². The molecule has 0 aliphatic heterocycles. The van der Waals surface area contributed by atoms with Crippen LogP contribution in [-0.4, -0.2) is 26.0 Å². The SMILES string of the molecule is Cc1cc(-c2ncnc(C(=O)Oc3ccccc3F)n2)cc(C)c1O. The van der Waals surface area contributed by atoms with Crippen molar-refractivity contribution in [2.75, 3.05) is 0 Å². The fourth-order valence-corrected chi connectivity index (χ4v) is 2.29. The molecule has 0 fully saturated rings. The van der Waals surface area contributed by atoms with Crippen LogP contribution < -0.4 is 4.74 Å². The number of phenols is 1. The summed E-state index contributed by atoms with van der Waals surface area (Å²) in [6.45, 7) is 3.50. The lowest BCUT2D eigenvalue weighted by molar-refractivity contribution is 0.0714. The summed E-state index contributed by atoms with van der Waals surface area (Å²) in [4.78, 5) is 24.1. The molecule has 0 aliphatic rings. The van der Waals surface area contributed by atoms with Crippen LogP contribution in [0.1, 0.15) is 21.7 Å². The van der Waals surface area contributed by atoms with Crippen LogP contribution >= 0.6 is 0 Å². The van der Waals surface area contributed by atoms with Crippen molar-refractivity contribution in [2.24, 2.45) is 0 Å². The maximum atomic E-state index is 13.6. The van der Waals surface area contributed by atoms with Gasteiger partial charge in [-0.3, -0.25) is 0 Å². The number of carbonyl (C=O) groups is 1. The van der Waals surface area contributed by atoms with Gasteiger partial charge in [0.1, 0.15) is 12.1 Å². The Labute approximate surface area is 143 Å². The fourth-order valence-electron chi connectivity index (χ4n) is 2.29. The number of aryl methyl sites for hydroxylation is 2. The van der Waals surface area contributed by atoms with E-state index in [0.29, 0.717) is 16.7 Å². The van der Waals surface area contributed by atoms with Gasteiger partial charge < -0.3 is 9.84 Å². The third kappa shape index (κ3) is 3.45. The van der Waals surface area contributed by atoms with Crippen molar-refractivity contribution < 1.29 is 19.0 Å². The largest absolute Gasteiger partial charge is 0.507 e. The molecule has 0 amide bonds. The van der Waals surface area contributed by atoms with Crippen molar-refractivity contribution in [3.05, 3.63) is 65.5 Å². The van der Waals surface area contributed by atoms with Gasteiger partial charge in [-0.15, -0.1) is 0 Å². The van der Waals surface area contributed by atoms with Crippen molar-refractivity contribution >= 4 is 5.97 Å². The molecular formula is C18H14FN3O3. The number of halogens is 1. The molecule has 2 aromatic carbocycles. The van der Waals surface area contributed by atoms with Crippen LogP contribution in [0.2, 0.25) is 0 Å². The predicted octanol–water partition coefficient (Wildman–Crippen LogP) is 3.22. The Morgan fingerprint density at radius 1 is 1.12 bits per heavy atom. The number of aromatic hydroxyl groups is 1. The van der Waals surface area contributed by atoms with Crippen molar-refractivity contribution in [2.45, 2.75) is 13.8 Å². The van der Waals surface area contributed by atoms with Gasteiger partial charge in [-0.2, -0.15) is 0 Å². The van der Waals surface area contributed by atoms with E-state index in [1.807, 2.05) is 0 Å². The number of ether oxygens (including phenoxy) is 1. The highest BCUT2D eigenvalue weighted by atomic mass is 19.1. The molecule has 7 heteroatoms. The Balaban J connectivity index is 1.92. The third-order valence-corrected chi connectivity index (χ3v) is 3.54. The highest BCUT2D eigenvalue weighted by Crippen LogP contribution is 2.27. The minimum atomic E-state index is -0.888. The molecule has 1 aromatic heterocycles. The number of carbonyl (C=O) groups excluding carboxylic acids is 1. The minimum Gasteiger partial charge on any atom is -0.507 e. The number of hydrogen-bond donors (Lipinski definition) is 1. The van der Waals surface area contributed by atoms with E-state index in [0.717, 1.165) is 0 Å². The number of hydrogen-bond acceptors (Lipinski definition) is 6. The van der Waals surface area contributed by atoms with E-state index in [4.69, 9.17) is 4.74 Å². The molecule has 1 heterocycles. The van der Waals surface area contributed by atoms with Crippen LogP contribution in [0.3, 0.4) is 0 Å². The number of benzene rings is 2. The average molecular weight is 339 g/mol. The lowest BCUT2D eigenvalue weighted by atomic mass is 10.1. The second-order valence-corrected chi connectivity index (χ2v) is 5.41. The quantitative estimate of drug-likeness (QED) is 0.582. The minimum absolute atomic E-state index is 0.192. The van der Waals surface area contributed by atoms with Gasteiger partial charge in [0.15, 0.2) is 17.4 Å². The van der Waals surface area contributed by atoms with E-state index >= 15 is 0 Å². The Hall–Kier alpha value is -3.35. The standard InChI is InChI=1S/C18H14FN3O3/c1-10-7-12(8-11(2)15(10)23)16-20-9-21-17(22-16)18(24)25-14-6-4-3-5-13(14)19/h3-9,23H,1-2H3. The van der Waals surface area contributed by atoms with Gasteiger partial charge in [0.2, 0.25) is 5.82 Å². The van der Waals surface area contributed by atoms with E-state index in [1.165, 1.54) is 24.5 Å². The molecule has 3 rings (SSSR count). The van der Waals surface area contributed by atoms with Gasteiger partial charge in [-0.05, 0) is 49.2 Å². The highest BCUT2D eigenvalue weighted by molar-refractivity contribution is 5.87. The molecule has 3 aromatic rings. The normalized spacial score (nSPS) is 10.5. The first kappa shape index (κ1) is 16.5. The van der Waals surface area contributed by atoms with E-state index in [1.54, 1.807) is 32.0 Å². The first-order valence-corrected chi connectivity index (χ1v) is 7.42. The highest BCUT2D eigenvalue weighted by Gasteiger charge is 2.16. The number of aromatic nitrogens is 3. The lowest BCUT2D eigenvalue weighted by Gasteiger charge is -2.08. The second kappa shape index (κ2) is 6.64. The Morgan fingerprint density at radius 3 is 2.48 bits per heavy atom. The number of nitrogens with zero attached hydrogens (tertiary/aromatic N) is 3. The van der Waals surface area contributed by atoms with Crippen LogP contribution in [0.4, 0.5) is 4.39 Å². The summed E-state index contributed by atoms with van der Waals surface area (Å²) in [5.41, 5.74) is 1.94. The Kier molecular flexibility index (Phi) is 4.38. The summed E-state index contributed by atoms with van der Waals surface area (Å²) < 4.78 is 18.6. The van der Waals surface area contributed by atoms with Crippen LogP contribution in [0, 0.1) is 19.7 Å². The lowest BCUT2D eigenvalue weighted by Crippen LogP contribution is -2.14. The smallest absolute Gasteiger partial charge is 0.381 e. The molecule has 1 N–H and O–H groups in total. The average Bonchev–Trinajstić information content (AvgIpc) is 2.61. The summed E-state index contributed by atoms with van der Waals surface area (Å²) in [6, 6.07) is 8.95. The molecule has 0 radical (unpaired) electrons. The molecule has 0 atom stereocenters. The molecule has 0 unspecified atom stereocenters. The van der Waals surface area contributed by atoms with Crippen molar-refractivity contribution in [1.29, 1.82) is 0 Å². The molecule has 0 spiro atoms. The van der Waals surface area contributed by atoms with Gasteiger partial charge in [-0.1, -0.05) is 12.1 Å². The van der Waals surface area contributed by atoms with E-state index in [-0.39, 0.29) is 23.1 Å². The first-order chi connectivity index (χ1) is 12.0. The van der Waals surface area contributed by atoms with E-state index in [9.17, 15) is 14.3 Å². The maximum Gasteiger partial charge on any atom is 0.381 e. The molecule has 6 nitrogen and oxygen atoms in total. The number of rotatable bonds is 3. The van der Waals surface area contributed by atoms with Gasteiger partial charge in [0, 0.05) is 5.56 Å². The summed E-state index contributed by atoms with van der Waals surface area (Å²) in [5, 5.41) is 9.85. The summed E-state index contributed by atoms with van der Waals surface area (Å²) >= 11 is 0. The second-order valence-electron chi connectivity index (χ2n) is 5.41. The van der Waals surface area contributed by atoms with E-state index in [2.05, 4.69) is 15.0 Å². The fraction of sp³-hybridized carbons (Fsp3) is 0.111. The van der Waals surface area contributed by atoms with Gasteiger partial charge in [0.05, 0.1) is 0 Å². The maximum absolute atomic E-state index is 13.6. The van der Waals surface area contributed by atoms with Crippen LogP contribution in [0.25, 0.3) is 11.4 Å². The zero-order valence-corrected chi connectivity index (χ0v) is 13.5. The predicted molar refractivity (Wildman–Crippen MR) is 87.8 cm³/mol. The summed E-state index contributed by atoms with van der Waals surface area (Å²) in [7, 11) is 0. The summed E-state index contributed by atoms with van der Waals surface area (Å²) in [5.74, 6) is -1.54. The van der Waals surface area contributed by atoms with E-state index < -0.39 is 11.8 Å². The summed E-state index contributed by atoms with van der Waals surface area (Å²) in [6.07, 6.45) is 1.18. The van der Waals surface area contributed by atoms with Gasteiger partial charge >= 0.3 is 5.97 Å².